The number of carbonyl (C=O) groups excluding carboxylic acids is 1. The maximum atomic E-state index is 12.0. The first-order valence-electron chi connectivity index (χ1n) is 6.91. The van der Waals surface area contributed by atoms with Crippen molar-refractivity contribution in [1.29, 1.82) is 0 Å². The Morgan fingerprint density at radius 2 is 2.20 bits per heavy atom. The number of carbonyl (C=O) groups is 1. The minimum Gasteiger partial charge on any atom is -0.389 e. The summed E-state index contributed by atoms with van der Waals surface area (Å²) in [6, 6.07) is 5.83. The molecular formula is C15H22N2O3. The number of amides is 2. The molecule has 1 aliphatic carbocycles. The molecule has 20 heavy (non-hydrogen) atoms. The summed E-state index contributed by atoms with van der Waals surface area (Å²) >= 11 is 0. The molecule has 0 aromatic heterocycles. The average Bonchev–Trinajstić information content (AvgIpc) is 2.86. The van der Waals surface area contributed by atoms with Gasteiger partial charge in [0.15, 0.2) is 0 Å². The molecule has 1 atom stereocenters. The molecule has 0 aliphatic heterocycles. The van der Waals surface area contributed by atoms with E-state index in [-0.39, 0.29) is 19.2 Å². The van der Waals surface area contributed by atoms with Crippen molar-refractivity contribution >= 4 is 11.7 Å². The number of ether oxygens (including phenoxy) is 1. The van der Waals surface area contributed by atoms with E-state index < -0.39 is 6.10 Å². The van der Waals surface area contributed by atoms with Crippen molar-refractivity contribution in [1.82, 2.24) is 4.90 Å². The number of urea groups is 1. The van der Waals surface area contributed by atoms with Crippen molar-refractivity contribution in [2.24, 2.45) is 0 Å². The fraction of sp³-hybridized carbons (Fsp3) is 0.533. The van der Waals surface area contributed by atoms with Crippen molar-refractivity contribution in [3.63, 3.8) is 0 Å². The van der Waals surface area contributed by atoms with Crippen molar-refractivity contribution < 1.29 is 14.6 Å². The third-order valence-electron chi connectivity index (χ3n) is 3.54. The number of anilines is 1. The number of nitrogens with zero attached hydrogens (tertiary/aromatic N) is 1. The van der Waals surface area contributed by atoms with Crippen LogP contribution in [-0.4, -0.2) is 49.5 Å². The van der Waals surface area contributed by atoms with E-state index in [0.717, 1.165) is 18.5 Å². The first-order chi connectivity index (χ1) is 9.60. The zero-order valence-electron chi connectivity index (χ0n) is 12.1. The lowest BCUT2D eigenvalue weighted by atomic mass is 10.1. The largest absolute Gasteiger partial charge is 0.389 e. The van der Waals surface area contributed by atoms with E-state index in [2.05, 4.69) is 11.4 Å². The quantitative estimate of drug-likeness (QED) is 0.861. The molecule has 1 unspecified atom stereocenters. The highest BCUT2D eigenvalue weighted by Crippen LogP contribution is 2.24. The number of aliphatic hydroxyl groups is 1. The Kier molecular flexibility index (Phi) is 4.98. The molecule has 2 N–H and O–H groups in total. The van der Waals surface area contributed by atoms with Gasteiger partial charge in [-0.25, -0.2) is 4.79 Å². The van der Waals surface area contributed by atoms with E-state index in [9.17, 15) is 9.90 Å². The number of rotatable bonds is 5. The molecule has 5 heteroatoms. The normalized spacial score (nSPS) is 14.8. The Bertz CT molecular complexity index is 476. The van der Waals surface area contributed by atoms with Crippen LogP contribution in [0.5, 0.6) is 0 Å². The maximum absolute atomic E-state index is 12.0. The standard InChI is InChI=1S/C15H22N2O3/c1-17(9-14(18)10-20-2)15(19)16-13-7-6-11-4-3-5-12(11)8-13/h6-8,14,18H,3-5,9-10H2,1-2H3,(H,16,19). The van der Waals surface area contributed by atoms with Crippen LogP contribution in [-0.2, 0) is 17.6 Å². The van der Waals surface area contributed by atoms with Gasteiger partial charge < -0.3 is 20.1 Å². The highest BCUT2D eigenvalue weighted by Gasteiger charge is 2.15. The van der Waals surface area contributed by atoms with E-state index in [0.29, 0.717) is 0 Å². The summed E-state index contributed by atoms with van der Waals surface area (Å²) in [7, 11) is 3.18. The monoisotopic (exact) mass is 278 g/mol. The number of likely N-dealkylation sites (N-methyl/N-ethyl adjacent to an activating group) is 1. The molecule has 0 saturated carbocycles. The molecule has 5 nitrogen and oxygen atoms in total. The minimum atomic E-state index is -0.671. The summed E-state index contributed by atoms with van der Waals surface area (Å²) in [5, 5.41) is 12.5. The summed E-state index contributed by atoms with van der Waals surface area (Å²) in [4.78, 5) is 13.5. The highest BCUT2D eigenvalue weighted by molar-refractivity contribution is 5.89. The van der Waals surface area contributed by atoms with Gasteiger partial charge in [-0.2, -0.15) is 0 Å². The second kappa shape index (κ2) is 6.72. The average molecular weight is 278 g/mol. The van der Waals surface area contributed by atoms with Gasteiger partial charge in [0.05, 0.1) is 19.3 Å². The van der Waals surface area contributed by atoms with Gasteiger partial charge in [-0.05, 0) is 42.5 Å². The van der Waals surface area contributed by atoms with E-state index in [1.165, 1.54) is 29.6 Å². The lowest BCUT2D eigenvalue weighted by Crippen LogP contribution is -2.38. The van der Waals surface area contributed by atoms with Crippen LogP contribution in [0.1, 0.15) is 17.5 Å². The molecule has 0 heterocycles. The van der Waals surface area contributed by atoms with Crippen LogP contribution >= 0.6 is 0 Å². The number of benzene rings is 1. The summed E-state index contributed by atoms with van der Waals surface area (Å²) < 4.78 is 4.84. The van der Waals surface area contributed by atoms with Crippen LogP contribution in [0.25, 0.3) is 0 Å². The maximum Gasteiger partial charge on any atom is 0.321 e. The van der Waals surface area contributed by atoms with Crippen molar-refractivity contribution in [3.8, 4) is 0 Å². The Hall–Kier alpha value is -1.59. The second-order valence-corrected chi connectivity index (χ2v) is 5.26. The lowest BCUT2D eigenvalue weighted by molar-refractivity contribution is 0.0501. The van der Waals surface area contributed by atoms with Gasteiger partial charge >= 0.3 is 6.03 Å². The topological polar surface area (TPSA) is 61.8 Å². The number of hydrogen-bond acceptors (Lipinski definition) is 3. The van der Waals surface area contributed by atoms with Gasteiger partial charge in [0.25, 0.3) is 0 Å². The molecule has 0 radical (unpaired) electrons. The van der Waals surface area contributed by atoms with Crippen molar-refractivity contribution in [3.05, 3.63) is 29.3 Å². The Morgan fingerprint density at radius 3 is 2.95 bits per heavy atom. The molecule has 1 aromatic rings. The molecule has 0 bridgehead atoms. The van der Waals surface area contributed by atoms with Gasteiger partial charge in [-0.15, -0.1) is 0 Å². The van der Waals surface area contributed by atoms with Crippen LogP contribution < -0.4 is 5.32 Å². The van der Waals surface area contributed by atoms with E-state index in [1.807, 2.05) is 12.1 Å². The number of aryl methyl sites for hydroxylation is 2. The molecule has 0 fully saturated rings. The molecule has 2 rings (SSSR count). The lowest BCUT2D eigenvalue weighted by Gasteiger charge is -2.21. The van der Waals surface area contributed by atoms with Gasteiger partial charge in [-0.1, -0.05) is 6.07 Å². The van der Waals surface area contributed by atoms with E-state index >= 15 is 0 Å². The molecule has 0 saturated heterocycles. The van der Waals surface area contributed by atoms with Crippen LogP contribution in [0.4, 0.5) is 10.5 Å². The van der Waals surface area contributed by atoms with Crippen LogP contribution in [0.2, 0.25) is 0 Å². The molecular weight excluding hydrogens is 256 g/mol. The van der Waals surface area contributed by atoms with Crippen LogP contribution in [0.3, 0.4) is 0 Å². The van der Waals surface area contributed by atoms with Crippen LogP contribution in [0, 0.1) is 0 Å². The third kappa shape index (κ3) is 3.71. The van der Waals surface area contributed by atoms with E-state index in [4.69, 9.17) is 4.74 Å². The summed E-state index contributed by atoms with van der Waals surface area (Å²) in [5.41, 5.74) is 3.51. The molecule has 1 aliphatic rings. The number of aliphatic hydroxyl groups excluding tert-OH is 1. The first-order valence-corrected chi connectivity index (χ1v) is 6.91. The highest BCUT2D eigenvalue weighted by atomic mass is 16.5. The Morgan fingerprint density at radius 1 is 1.45 bits per heavy atom. The number of nitrogens with one attached hydrogen (secondary N) is 1. The Labute approximate surface area is 119 Å². The molecule has 0 spiro atoms. The predicted molar refractivity (Wildman–Crippen MR) is 78.0 cm³/mol. The molecule has 2 amide bonds. The first kappa shape index (κ1) is 14.8. The zero-order chi connectivity index (χ0) is 14.5. The Balaban J connectivity index is 1.90. The number of fused-ring (bicyclic) bond motifs is 1. The molecule has 1 aromatic carbocycles. The summed E-state index contributed by atoms with van der Waals surface area (Å²) in [6.45, 7) is 0.459. The SMILES string of the molecule is COCC(O)CN(C)C(=O)Nc1ccc2c(c1)CCC2. The predicted octanol–water partition coefficient (Wildman–Crippen LogP) is 1.65. The van der Waals surface area contributed by atoms with Crippen molar-refractivity contribution in [2.75, 3.05) is 32.6 Å². The van der Waals surface area contributed by atoms with E-state index in [1.54, 1.807) is 7.05 Å². The number of methoxy groups -OCH3 is 1. The smallest absolute Gasteiger partial charge is 0.321 e. The summed E-state index contributed by atoms with van der Waals surface area (Å²) in [6.07, 6.45) is 2.74. The summed E-state index contributed by atoms with van der Waals surface area (Å²) in [5.74, 6) is 0. The number of hydrogen-bond donors (Lipinski definition) is 2. The van der Waals surface area contributed by atoms with Gasteiger partial charge in [0.1, 0.15) is 0 Å². The second-order valence-electron chi connectivity index (χ2n) is 5.26. The molecule has 110 valence electrons. The van der Waals surface area contributed by atoms with Gasteiger partial charge in [0, 0.05) is 19.8 Å². The minimum absolute atomic E-state index is 0.219. The third-order valence-corrected chi connectivity index (χ3v) is 3.54. The van der Waals surface area contributed by atoms with Gasteiger partial charge in [-0.3, -0.25) is 0 Å². The van der Waals surface area contributed by atoms with Crippen LogP contribution in [0.15, 0.2) is 18.2 Å². The zero-order valence-corrected chi connectivity index (χ0v) is 12.1. The van der Waals surface area contributed by atoms with Crippen molar-refractivity contribution in [2.45, 2.75) is 25.4 Å². The fourth-order valence-electron chi connectivity index (χ4n) is 2.51. The van der Waals surface area contributed by atoms with Gasteiger partial charge in [0.2, 0.25) is 0 Å². The fourth-order valence-corrected chi connectivity index (χ4v) is 2.51.